The summed E-state index contributed by atoms with van der Waals surface area (Å²) in [7, 11) is 3.79. The predicted octanol–water partition coefficient (Wildman–Crippen LogP) is 2.60. The third-order valence-corrected chi connectivity index (χ3v) is 4.55. The van der Waals surface area contributed by atoms with Crippen LogP contribution in [0.3, 0.4) is 0 Å². The van der Waals surface area contributed by atoms with E-state index in [2.05, 4.69) is 5.10 Å². The van der Waals surface area contributed by atoms with Gasteiger partial charge in [-0.15, -0.1) is 0 Å². The highest BCUT2D eigenvalue weighted by molar-refractivity contribution is 5.77. The van der Waals surface area contributed by atoms with Crippen molar-refractivity contribution in [3.8, 4) is 5.75 Å². The quantitative estimate of drug-likeness (QED) is 0.802. The summed E-state index contributed by atoms with van der Waals surface area (Å²) >= 11 is 0. The standard InChI is InChI=1S/C16H27N3O2/c1-12-16(13(2)19(4)17-12)21-11-15(20)18(3)14-9-7-5-6-8-10-14/h14H,5-11H2,1-4H3. The Morgan fingerprint density at radius 2 is 1.90 bits per heavy atom. The number of hydrogen-bond acceptors (Lipinski definition) is 3. The van der Waals surface area contributed by atoms with E-state index in [4.69, 9.17) is 4.74 Å². The number of nitrogens with zero attached hydrogens (tertiary/aromatic N) is 3. The van der Waals surface area contributed by atoms with Crippen molar-refractivity contribution in [3.63, 3.8) is 0 Å². The first-order valence-electron chi connectivity index (χ1n) is 7.89. The van der Waals surface area contributed by atoms with Gasteiger partial charge in [0.2, 0.25) is 0 Å². The van der Waals surface area contributed by atoms with Gasteiger partial charge in [0.1, 0.15) is 5.69 Å². The second-order valence-electron chi connectivity index (χ2n) is 6.06. The molecule has 1 heterocycles. The SMILES string of the molecule is Cc1nn(C)c(C)c1OCC(=O)N(C)C1CCCCCC1. The van der Waals surface area contributed by atoms with Gasteiger partial charge in [-0.25, -0.2) is 0 Å². The van der Waals surface area contributed by atoms with E-state index in [0.29, 0.717) is 6.04 Å². The summed E-state index contributed by atoms with van der Waals surface area (Å²) in [5.41, 5.74) is 1.79. The molecule has 0 bridgehead atoms. The van der Waals surface area contributed by atoms with Crippen molar-refractivity contribution in [2.75, 3.05) is 13.7 Å². The minimum absolute atomic E-state index is 0.0598. The maximum absolute atomic E-state index is 12.3. The zero-order valence-corrected chi connectivity index (χ0v) is 13.7. The van der Waals surface area contributed by atoms with Crippen LogP contribution in [0.25, 0.3) is 0 Å². The minimum atomic E-state index is 0.0598. The molecular weight excluding hydrogens is 266 g/mol. The lowest BCUT2D eigenvalue weighted by Crippen LogP contribution is -2.39. The highest BCUT2D eigenvalue weighted by Gasteiger charge is 2.22. The highest BCUT2D eigenvalue weighted by atomic mass is 16.5. The smallest absolute Gasteiger partial charge is 0.260 e. The van der Waals surface area contributed by atoms with Crippen LogP contribution in [-0.2, 0) is 11.8 Å². The summed E-state index contributed by atoms with van der Waals surface area (Å²) in [6.45, 7) is 3.96. The number of rotatable bonds is 4. The molecule has 1 saturated carbocycles. The monoisotopic (exact) mass is 293 g/mol. The van der Waals surface area contributed by atoms with Gasteiger partial charge >= 0.3 is 0 Å². The number of hydrogen-bond donors (Lipinski definition) is 0. The minimum Gasteiger partial charge on any atom is -0.480 e. The number of carbonyl (C=O) groups excluding carboxylic acids is 1. The maximum atomic E-state index is 12.3. The fourth-order valence-electron chi connectivity index (χ4n) is 3.05. The molecule has 0 radical (unpaired) electrons. The molecule has 2 rings (SSSR count). The van der Waals surface area contributed by atoms with Crippen molar-refractivity contribution in [3.05, 3.63) is 11.4 Å². The molecule has 21 heavy (non-hydrogen) atoms. The summed E-state index contributed by atoms with van der Waals surface area (Å²) in [5.74, 6) is 0.796. The Morgan fingerprint density at radius 3 is 2.43 bits per heavy atom. The van der Waals surface area contributed by atoms with Crippen molar-refractivity contribution in [2.24, 2.45) is 7.05 Å². The molecule has 0 N–H and O–H groups in total. The van der Waals surface area contributed by atoms with Crippen molar-refractivity contribution in [1.82, 2.24) is 14.7 Å². The third-order valence-electron chi connectivity index (χ3n) is 4.55. The van der Waals surface area contributed by atoms with Crippen LogP contribution < -0.4 is 4.74 Å². The van der Waals surface area contributed by atoms with Gasteiger partial charge in [-0.3, -0.25) is 9.48 Å². The summed E-state index contributed by atoms with van der Waals surface area (Å²) < 4.78 is 7.50. The van der Waals surface area contributed by atoms with Crippen LogP contribution in [0.1, 0.15) is 49.9 Å². The topological polar surface area (TPSA) is 47.4 Å². The summed E-state index contributed by atoms with van der Waals surface area (Å²) in [5, 5.41) is 4.30. The van der Waals surface area contributed by atoms with Crippen molar-refractivity contribution in [1.29, 1.82) is 0 Å². The number of ether oxygens (including phenoxy) is 1. The van der Waals surface area contributed by atoms with Gasteiger partial charge in [0, 0.05) is 20.1 Å². The van der Waals surface area contributed by atoms with Gasteiger partial charge in [0.15, 0.2) is 12.4 Å². The van der Waals surface area contributed by atoms with Crippen LogP contribution in [-0.4, -0.2) is 40.3 Å². The van der Waals surface area contributed by atoms with Crippen LogP contribution in [0.4, 0.5) is 0 Å². The van der Waals surface area contributed by atoms with E-state index in [9.17, 15) is 4.79 Å². The van der Waals surface area contributed by atoms with Crippen molar-refractivity contribution < 1.29 is 9.53 Å². The number of likely N-dealkylation sites (N-methyl/N-ethyl adjacent to an activating group) is 1. The summed E-state index contributed by atoms with van der Waals surface area (Å²) in [6, 6.07) is 0.375. The first-order valence-corrected chi connectivity index (χ1v) is 7.89. The molecule has 1 aliphatic rings. The Labute approximate surface area is 127 Å². The fraction of sp³-hybridized carbons (Fsp3) is 0.750. The van der Waals surface area contributed by atoms with Gasteiger partial charge in [0.25, 0.3) is 5.91 Å². The molecule has 1 aromatic heterocycles. The van der Waals surface area contributed by atoms with Crippen LogP contribution in [0.2, 0.25) is 0 Å². The molecule has 0 spiro atoms. The third kappa shape index (κ3) is 3.77. The van der Waals surface area contributed by atoms with Gasteiger partial charge in [0.05, 0.1) is 5.69 Å². The lowest BCUT2D eigenvalue weighted by molar-refractivity contribution is -0.134. The zero-order valence-electron chi connectivity index (χ0n) is 13.7. The molecule has 1 aromatic rings. The Morgan fingerprint density at radius 1 is 1.29 bits per heavy atom. The van der Waals surface area contributed by atoms with Gasteiger partial charge in [-0.1, -0.05) is 25.7 Å². The Balaban J connectivity index is 1.91. The van der Waals surface area contributed by atoms with Gasteiger partial charge in [-0.2, -0.15) is 5.10 Å². The summed E-state index contributed by atoms with van der Waals surface area (Å²) in [4.78, 5) is 14.2. The Kier molecular flexibility index (Phi) is 5.26. The van der Waals surface area contributed by atoms with Gasteiger partial charge < -0.3 is 9.64 Å². The van der Waals surface area contributed by atoms with E-state index in [0.717, 1.165) is 30.0 Å². The molecule has 1 amide bonds. The van der Waals surface area contributed by atoms with E-state index >= 15 is 0 Å². The first-order chi connectivity index (χ1) is 10.0. The average molecular weight is 293 g/mol. The lowest BCUT2D eigenvalue weighted by atomic mass is 10.1. The zero-order chi connectivity index (χ0) is 15.4. The Bertz CT molecular complexity index is 488. The average Bonchev–Trinajstić information content (AvgIpc) is 2.69. The number of carbonyl (C=O) groups is 1. The molecule has 5 heteroatoms. The van der Waals surface area contributed by atoms with Crippen molar-refractivity contribution in [2.45, 2.75) is 58.4 Å². The lowest BCUT2D eigenvalue weighted by Gasteiger charge is -2.27. The number of amides is 1. The molecule has 118 valence electrons. The molecular formula is C16H27N3O2. The van der Waals surface area contributed by atoms with E-state index < -0.39 is 0 Å². The second kappa shape index (κ2) is 6.96. The van der Waals surface area contributed by atoms with E-state index in [1.807, 2.05) is 32.8 Å². The van der Waals surface area contributed by atoms with Crippen molar-refractivity contribution >= 4 is 5.91 Å². The first kappa shape index (κ1) is 15.9. The molecule has 1 fully saturated rings. The van der Waals surface area contributed by atoms with Crippen LogP contribution in [0.15, 0.2) is 0 Å². The molecule has 1 aliphatic carbocycles. The summed E-state index contributed by atoms with van der Waals surface area (Å²) in [6.07, 6.45) is 7.28. The predicted molar refractivity (Wildman–Crippen MR) is 82.4 cm³/mol. The Hall–Kier alpha value is -1.52. The molecule has 0 aromatic carbocycles. The highest BCUT2D eigenvalue weighted by Crippen LogP contribution is 2.23. The number of aromatic nitrogens is 2. The normalized spacial score (nSPS) is 16.6. The van der Waals surface area contributed by atoms with Crippen LogP contribution in [0, 0.1) is 13.8 Å². The number of aryl methyl sites for hydroxylation is 2. The second-order valence-corrected chi connectivity index (χ2v) is 6.06. The molecule has 0 atom stereocenters. The molecule has 0 unspecified atom stereocenters. The van der Waals surface area contributed by atoms with E-state index in [1.54, 1.807) is 4.68 Å². The molecule has 0 saturated heterocycles. The van der Waals surface area contributed by atoms with E-state index in [-0.39, 0.29) is 12.5 Å². The van der Waals surface area contributed by atoms with E-state index in [1.165, 1.54) is 25.7 Å². The fourth-order valence-corrected chi connectivity index (χ4v) is 3.05. The maximum Gasteiger partial charge on any atom is 0.260 e. The molecule has 5 nitrogen and oxygen atoms in total. The van der Waals surface area contributed by atoms with Crippen LogP contribution in [0.5, 0.6) is 5.75 Å². The van der Waals surface area contributed by atoms with Gasteiger partial charge in [-0.05, 0) is 26.7 Å². The largest absolute Gasteiger partial charge is 0.480 e. The van der Waals surface area contributed by atoms with Crippen LogP contribution >= 0.6 is 0 Å². The molecule has 0 aliphatic heterocycles.